The molecule has 1 atom stereocenters. The van der Waals surface area contributed by atoms with Crippen LogP contribution in [-0.2, 0) is 6.42 Å². The fraction of sp³-hybridized carbons (Fsp3) is 0.667. The van der Waals surface area contributed by atoms with Gasteiger partial charge in [0.15, 0.2) is 0 Å². The van der Waals surface area contributed by atoms with Crippen LogP contribution in [0.2, 0.25) is 0 Å². The van der Waals surface area contributed by atoms with E-state index in [0.717, 1.165) is 25.6 Å². The lowest BCUT2D eigenvalue weighted by molar-refractivity contribution is -0.0258. The smallest absolute Gasteiger partial charge is 0.0768 e. The fourth-order valence-corrected chi connectivity index (χ4v) is 2.93. The first kappa shape index (κ1) is 15.5. The third kappa shape index (κ3) is 4.32. The first-order valence-electron chi connectivity index (χ1n) is 7.96. The van der Waals surface area contributed by atoms with Crippen LogP contribution in [0.5, 0.6) is 0 Å². The third-order valence-corrected chi connectivity index (χ3v) is 4.86. The van der Waals surface area contributed by atoms with Gasteiger partial charge in [0, 0.05) is 6.54 Å². The molecule has 1 aliphatic heterocycles. The van der Waals surface area contributed by atoms with Gasteiger partial charge >= 0.3 is 0 Å². The molecule has 1 heterocycles. The van der Waals surface area contributed by atoms with Gasteiger partial charge in [-0.25, -0.2) is 0 Å². The summed E-state index contributed by atoms with van der Waals surface area (Å²) in [6.07, 6.45) is 3.71. The van der Waals surface area contributed by atoms with Gasteiger partial charge in [0.1, 0.15) is 0 Å². The van der Waals surface area contributed by atoms with Crippen molar-refractivity contribution in [1.82, 2.24) is 4.90 Å². The van der Waals surface area contributed by atoms with Crippen molar-refractivity contribution in [1.29, 1.82) is 0 Å². The van der Waals surface area contributed by atoms with Gasteiger partial charge in [-0.05, 0) is 56.7 Å². The number of likely N-dealkylation sites (tertiary alicyclic amines) is 1. The Kier molecular flexibility index (Phi) is 5.22. The van der Waals surface area contributed by atoms with Crippen LogP contribution in [0.1, 0.15) is 39.2 Å². The van der Waals surface area contributed by atoms with E-state index in [0.29, 0.717) is 5.92 Å². The summed E-state index contributed by atoms with van der Waals surface area (Å²) in [5, 5.41) is 10.4. The SMILES string of the molecule is CC(C)C(C)(O)CN1CCC(Cc2ccccc2)CC1. The van der Waals surface area contributed by atoms with Gasteiger partial charge < -0.3 is 10.0 Å². The summed E-state index contributed by atoms with van der Waals surface area (Å²) < 4.78 is 0. The molecule has 2 rings (SSSR count). The number of hydrogen-bond donors (Lipinski definition) is 1. The molecule has 20 heavy (non-hydrogen) atoms. The summed E-state index contributed by atoms with van der Waals surface area (Å²) in [5.74, 6) is 1.11. The predicted molar refractivity (Wildman–Crippen MR) is 84.8 cm³/mol. The molecule has 1 N–H and O–H groups in total. The Balaban J connectivity index is 1.78. The summed E-state index contributed by atoms with van der Waals surface area (Å²) in [6, 6.07) is 10.8. The van der Waals surface area contributed by atoms with Gasteiger partial charge in [0.05, 0.1) is 5.60 Å². The molecular formula is C18H29NO. The molecule has 1 aliphatic rings. The second-order valence-electron chi connectivity index (χ2n) is 6.92. The van der Waals surface area contributed by atoms with Gasteiger partial charge in [-0.15, -0.1) is 0 Å². The highest BCUT2D eigenvalue weighted by Gasteiger charge is 2.29. The summed E-state index contributed by atoms with van der Waals surface area (Å²) >= 11 is 0. The molecule has 2 nitrogen and oxygen atoms in total. The second kappa shape index (κ2) is 6.73. The van der Waals surface area contributed by atoms with Crippen molar-refractivity contribution in [2.45, 2.75) is 45.6 Å². The molecule has 1 aromatic carbocycles. The van der Waals surface area contributed by atoms with E-state index in [9.17, 15) is 5.11 Å². The van der Waals surface area contributed by atoms with E-state index in [1.807, 2.05) is 6.92 Å². The lowest BCUT2D eigenvalue weighted by Crippen LogP contribution is -2.47. The van der Waals surface area contributed by atoms with Crippen LogP contribution in [0, 0.1) is 11.8 Å². The molecule has 1 saturated heterocycles. The Morgan fingerprint density at radius 3 is 2.35 bits per heavy atom. The average Bonchev–Trinajstić information content (AvgIpc) is 2.42. The third-order valence-electron chi connectivity index (χ3n) is 4.86. The lowest BCUT2D eigenvalue weighted by Gasteiger charge is -2.38. The van der Waals surface area contributed by atoms with E-state index >= 15 is 0 Å². The van der Waals surface area contributed by atoms with Crippen molar-refractivity contribution in [2.75, 3.05) is 19.6 Å². The van der Waals surface area contributed by atoms with Gasteiger partial charge in [-0.3, -0.25) is 0 Å². The Morgan fingerprint density at radius 1 is 1.20 bits per heavy atom. The monoisotopic (exact) mass is 275 g/mol. The number of hydrogen-bond acceptors (Lipinski definition) is 2. The summed E-state index contributed by atoms with van der Waals surface area (Å²) in [4.78, 5) is 2.43. The Labute approximate surface area is 123 Å². The van der Waals surface area contributed by atoms with Crippen molar-refractivity contribution >= 4 is 0 Å². The zero-order valence-corrected chi connectivity index (χ0v) is 13.2. The van der Waals surface area contributed by atoms with Crippen LogP contribution in [0.3, 0.4) is 0 Å². The van der Waals surface area contributed by atoms with Crippen LogP contribution in [-0.4, -0.2) is 35.2 Å². The Bertz CT molecular complexity index is 391. The maximum atomic E-state index is 10.4. The molecule has 0 saturated carbocycles. The largest absolute Gasteiger partial charge is 0.389 e. The van der Waals surface area contributed by atoms with E-state index < -0.39 is 5.60 Å². The highest BCUT2D eigenvalue weighted by molar-refractivity contribution is 5.15. The maximum Gasteiger partial charge on any atom is 0.0768 e. The molecule has 0 aromatic heterocycles. The van der Waals surface area contributed by atoms with Gasteiger partial charge in [0.25, 0.3) is 0 Å². The van der Waals surface area contributed by atoms with Crippen LogP contribution in [0.15, 0.2) is 30.3 Å². The van der Waals surface area contributed by atoms with Crippen molar-refractivity contribution in [3.63, 3.8) is 0 Å². The number of piperidine rings is 1. The minimum atomic E-state index is -0.563. The molecule has 1 fully saturated rings. The number of nitrogens with zero attached hydrogens (tertiary/aromatic N) is 1. The van der Waals surface area contributed by atoms with Crippen molar-refractivity contribution in [3.8, 4) is 0 Å². The molecular weight excluding hydrogens is 246 g/mol. The number of aliphatic hydroxyl groups is 1. The first-order valence-corrected chi connectivity index (χ1v) is 7.96. The van der Waals surface area contributed by atoms with Crippen molar-refractivity contribution < 1.29 is 5.11 Å². The topological polar surface area (TPSA) is 23.5 Å². The number of benzene rings is 1. The van der Waals surface area contributed by atoms with Crippen molar-refractivity contribution in [3.05, 3.63) is 35.9 Å². The lowest BCUT2D eigenvalue weighted by atomic mass is 9.87. The standard InChI is InChI=1S/C18H29NO/c1-15(2)18(3,20)14-19-11-9-17(10-12-19)13-16-7-5-4-6-8-16/h4-8,15,17,20H,9-14H2,1-3H3. The molecule has 112 valence electrons. The Morgan fingerprint density at radius 2 is 1.80 bits per heavy atom. The van der Waals surface area contributed by atoms with E-state index in [1.54, 1.807) is 0 Å². The Hall–Kier alpha value is -0.860. The molecule has 0 bridgehead atoms. The minimum absolute atomic E-state index is 0.310. The highest BCUT2D eigenvalue weighted by Crippen LogP contribution is 2.24. The fourth-order valence-electron chi connectivity index (χ4n) is 2.93. The maximum absolute atomic E-state index is 10.4. The van der Waals surface area contributed by atoms with E-state index in [4.69, 9.17) is 0 Å². The van der Waals surface area contributed by atoms with Crippen LogP contribution in [0.25, 0.3) is 0 Å². The molecule has 0 radical (unpaired) electrons. The normalized spacial score (nSPS) is 21.1. The van der Waals surface area contributed by atoms with Gasteiger partial charge in [0.2, 0.25) is 0 Å². The predicted octanol–water partition coefficient (Wildman–Crippen LogP) is 3.35. The number of rotatable bonds is 5. The van der Waals surface area contributed by atoms with Crippen LogP contribution < -0.4 is 0 Å². The average molecular weight is 275 g/mol. The molecule has 0 spiro atoms. The summed E-state index contributed by atoms with van der Waals surface area (Å²) in [6.45, 7) is 9.22. The van der Waals surface area contributed by atoms with Crippen molar-refractivity contribution in [2.24, 2.45) is 11.8 Å². The second-order valence-corrected chi connectivity index (χ2v) is 6.92. The summed E-state index contributed by atoms with van der Waals surface area (Å²) in [5.41, 5.74) is 0.895. The minimum Gasteiger partial charge on any atom is -0.389 e. The quantitative estimate of drug-likeness (QED) is 0.891. The molecule has 1 aromatic rings. The first-order chi connectivity index (χ1) is 9.47. The zero-order valence-electron chi connectivity index (χ0n) is 13.2. The molecule has 0 aliphatic carbocycles. The zero-order chi connectivity index (χ0) is 14.6. The van der Waals surface area contributed by atoms with Crippen LogP contribution >= 0.6 is 0 Å². The van der Waals surface area contributed by atoms with Crippen LogP contribution in [0.4, 0.5) is 0 Å². The highest BCUT2D eigenvalue weighted by atomic mass is 16.3. The number of β-amino-alcohol motifs (C(OH)–C–C–N with tert-alkyl or cyclic N) is 1. The summed E-state index contributed by atoms with van der Waals surface area (Å²) in [7, 11) is 0. The van der Waals surface area contributed by atoms with E-state index in [-0.39, 0.29) is 0 Å². The van der Waals surface area contributed by atoms with E-state index in [1.165, 1.54) is 24.8 Å². The molecule has 2 heteroatoms. The van der Waals surface area contributed by atoms with Gasteiger partial charge in [-0.1, -0.05) is 44.2 Å². The van der Waals surface area contributed by atoms with Gasteiger partial charge in [-0.2, -0.15) is 0 Å². The molecule has 0 amide bonds. The van der Waals surface area contributed by atoms with E-state index in [2.05, 4.69) is 49.1 Å². The molecule has 1 unspecified atom stereocenters.